The largest absolute Gasteiger partial charge is 0.478 e. The van der Waals surface area contributed by atoms with Crippen LogP contribution in [0.4, 0.5) is 0 Å². The first-order valence-corrected chi connectivity index (χ1v) is 5.06. The summed E-state index contributed by atoms with van der Waals surface area (Å²) in [6.07, 6.45) is 0. The maximum atomic E-state index is 11.4. The quantitative estimate of drug-likeness (QED) is 0.824. The van der Waals surface area contributed by atoms with E-state index in [0.29, 0.717) is 11.0 Å². The molecule has 1 aromatic carbocycles. The average molecular weight is 234 g/mol. The van der Waals surface area contributed by atoms with Crippen LogP contribution in [0.15, 0.2) is 28.7 Å². The van der Waals surface area contributed by atoms with Gasteiger partial charge in [0.25, 0.3) is 0 Å². The highest BCUT2D eigenvalue weighted by atomic mass is 16.5. The second-order valence-electron chi connectivity index (χ2n) is 3.39. The van der Waals surface area contributed by atoms with E-state index in [1.807, 2.05) is 0 Å². The summed E-state index contributed by atoms with van der Waals surface area (Å²) < 4.78 is 10.0. The number of esters is 1. The van der Waals surface area contributed by atoms with Crippen LogP contribution in [0.5, 0.6) is 0 Å². The van der Waals surface area contributed by atoms with Crippen LogP contribution in [0.1, 0.15) is 27.8 Å². The predicted molar refractivity (Wildman–Crippen MR) is 59.1 cm³/mol. The highest BCUT2D eigenvalue weighted by molar-refractivity contribution is 5.96. The normalized spacial score (nSPS) is 10.4. The molecule has 0 fully saturated rings. The van der Waals surface area contributed by atoms with Crippen LogP contribution in [0, 0.1) is 0 Å². The van der Waals surface area contributed by atoms with Gasteiger partial charge >= 0.3 is 11.9 Å². The Bertz CT molecular complexity index is 582. The molecule has 0 aliphatic rings. The van der Waals surface area contributed by atoms with Crippen molar-refractivity contribution in [3.05, 3.63) is 35.6 Å². The summed E-state index contributed by atoms with van der Waals surface area (Å²) in [5.41, 5.74) is 0.603. The molecular formula is C12H10O5. The SMILES string of the molecule is CCOC(=O)c1cc2cc(C(=O)O)ccc2o1. The summed E-state index contributed by atoms with van der Waals surface area (Å²) in [6.45, 7) is 1.96. The minimum absolute atomic E-state index is 0.0735. The molecule has 5 nitrogen and oxygen atoms in total. The van der Waals surface area contributed by atoms with E-state index in [2.05, 4.69) is 0 Å². The minimum Gasteiger partial charge on any atom is -0.478 e. The number of carboxylic acid groups (broad SMARTS) is 1. The number of benzene rings is 1. The van der Waals surface area contributed by atoms with Crippen LogP contribution in [0.3, 0.4) is 0 Å². The summed E-state index contributed by atoms with van der Waals surface area (Å²) >= 11 is 0. The second kappa shape index (κ2) is 4.29. The van der Waals surface area contributed by atoms with Crippen molar-refractivity contribution in [2.75, 3.05) is 6.61 Å². The second-order valence-corrected chi connectivity index (χ2v) is 3.39. The molecule has 0 aliphatic heterocycles. The van der Waals surface area contributed by atoms with Crippen LogP contribution in [-0.2, 0) is 4.74 Å². The molecular weight excluding hydrogens is 224 g/mol. The van der Waals surface area contributed by atoms with E-state index in [9.17, 15) is 9.59 Å². The fourth-order valence-corrected chi connectivity index (χ4v) is 1.48. The van der Waals surface area contributed by atoms with Gasteiger partial charge in [-0.2, -0.15) is 0 Å². The lowest BCUT2D eigenvalue weighted by atomic mass is 10.1. The van der Waals surface area contributed by atoms with Crippen LogP contribution >= 0.6 is 0 Å². The molecule has 5 heteroatoms. The molecule has 2 aromatic rings. The van der Waals surface area contributed by atoms with Crippen molar-refractivity contribution in [2.24, 2.45) is 0 Å². The van der Waals surface area contributed by atoms with Crippen LogP contribution in [-0.4, -0.2) is 23.7 Å². The van der Waals surface area contributed by atoms with Crippen molar-refractivity contribution < 1.29 is 23.8 Å². The van der Waals surface area contributed by atoms with Gasteiger partial charge in [0.15, 0.2) is 0 Å². The molecule has 0 atom stereocenters. The number of furan rings is 1. The fourth-order valence-electron chi connectivity index (χ4n) is 1.48. The summed E-state index contributed by atoms with van der Waals surface area (Å²) in [4.78, 5) is 22.2. The molecule has 17 heavy (non-hydrogen) atoms. The van der Waals surface area contributed by atoms with Crippen molar-refractivity contribution in [1.82, 2.24) is 0 Å². The zero-order valence-electron chi connectivity index (χ0n) is 9.10. The fraction of sp³-hybridized carbons (Fsp3) is 0.167. The number of fused-ring (bicyclic) bond motifs is 1. The molecule has 0 spiro atoms. The highest BCUT2D eigenvalue weighted by Gasteiger charge is 2.14. The van der Waals surface area contributed by atoms with E-state index in [4.69, 9.17) is 14.3 Å². The summed E-state index contributed by atoms with van der Waals surface area (Å²) in [5, 5.41) is 9.39. The topological polar surface area (TPSA) is 76.7 Å². The van der Waals surface area contributed by atoms with E-state index in [0.717, 1.165) is 0 Å². The number of carboxylic acids is 1. The van der Waals surface area contributed by atoms with Crippen LogP contribution < -0.4 is 0 Å². The Hall–Kier alpha value is -2.30. The lowest BCUT2D eigenvalue weighted by Crippen LogP contribution is -2.02. The highest BCUT2D eigenvalue weighted by Crippen LogP contribution is 2.21. The van der Waals surface area contributed by atoms with Gasteiger partial charge in [0, 0.05) is 5.39 Å². The molecule has 0 radical (unpaired) electrons. The summed E-state index contributed by atoms with van der Waals surface area (Å²) in [5.74, 6) is -1.50. The van der Waals surface area contributed by atoms with Gasteiger partial charge in [-0.05, 0) is 31.2 Å². The van der Waals surface area contributed by atoms with Gasteiger partial charge in [0.1, 0.15) is 5.58 Å². The minimum atomic E-state index is -1.02. The van der Waals surface area contributed by atoms with Crippen LogP contribution in [0.25, 0.3) is 11.0 Å². The third-order valence-corrected chi connectivity index (χ3v) is 2.24. The molecule has 1 N–H and O–H groups in total. The molecule has 1 heterocycles. The molecule has 0 bridgehead atoms. The third kappa shape index (κ3) is 2.13. The zero-order valence-corrected chi connectivity index (χ0v) is 9.10. The number of hydrogen-bond acceptors (Lipinski definition) is 4. The molecule has 0 aliphatic carbocycles. The van der Waals surface area contributed by atoms with Gasteiger partial charge in [0.2, 0.25) is 5.76 Å². The van der Waals surface area contributed by atoms with Crippen molar-refractivity contribution in [2.45, 2.75) is 6.92 Å². The lowest BCUT2D eigenvalue weighted by Gasteiger charge is -1.95. The van der Waals surface area contributed by atoms with E-state index in [1.54, 1.807) is 6.92 Å². The van der Waals surface area contributed by atoms with E-state index in [1.165, 1.54) is 24.3 Å². The number of ether oxygens (including phenoxy) is 1. The molecule has 1 aromatic heterocycles. The van der Waals surface area contributed by atoms with Gasteiger partial charge in [-0.25, -0.2) is 9.59 Å². The van der Waals surface area contributed by atoms with Gasteiger partial charge in [0.05, 0.1) is 12.2 Å². The number of hydrogen-bond donors (Lipinski definition) is 1. The molecule has 88 valence electrons. The molecule has 0 saturated heterocycles. The predicted octanol–water partition coefficient (Wildman–Crippen LogP) is 2.31. The first-order chi connectivity index (χ1) is 8.11. The van der Waals surface area contributed by atoms with Crippen molar-refractivity contribution in [3.63, 3.8) is 0 Å². The summed E-state index contributed by atoms with van der Waals surface area (Å²) in [6, 6.07) is 5.86. The average Bonchev–Trinajstić information content (AvgIpc) is 2.71. The Morgan fingerprint density at radius 1 is 1.35 bits per heavy atom. The first kappa shape index (κ1) is 11.2. The number of rotatable bonds is 3. The Morgan fingerprint density at radius 3 is 2.76 bits per heavy atom. The Morgan fingerprint density at radius 2 is 2.12 bits per heavy atom. The maximum Gasteiger partial charge on any atom is 0.374 e. The number of carbonyl (C=O) groups is 2. The third-order valence-electron chi connectivity index (χ3n) is 2.24. The standard InChI is InChI=1S/C12H10O5/c1-2-16-12(15)10-6-8-5-7(11(13)14)3-4-9(8)17-10/h3-6H,2H2,1H3,(H,13,14). The van der Waals surface area contributed by atoms with E-state index < -0.39 is 11.9 Å². The van der Waals surface area contributed by atoms with Crippen molar-refractivity contribution in [3.8, 4) is 0 Å². The van der Waals surface area contributed by atoms with Crippen molar-refractivity contribution in [1.29, 1.82) is 0 Å². The first-order valence-electron chi connectivity index (χ1n) is 5.06. The van der Waals surface area contributed by atoms with Crippen LogP contribution in [0.2, 0.25) is 0 Å². The van der Waals surface area contributed by atoms with E-state index >= 15 is 0 Å². The smallest absolute Gasteiger partial charge is 0.374 e. The Labute approximate surface area is 96.6 Å². The maximum absolute atomic E-state index is 11.4. The Balaban J connectivity index is 2.43. The van der Waals surface area contributed by atoms with Gasteiger partial charge in [-0.3, -0.25) is 0 Å². The van der Waals surface area contributed by atoms with E-state index in [-0.39, 0.29) is 17.9 Å². The summed E-state index contributed by atoms with van der Waals surface area (Å²) in [7, 11) is 0. The molecule has 0 saturated carbocycles. The number of carbonyl (C=O) groups excluding carboxylic acids is 1. The monoisotopic (exact) mass is 234 g/mol. The van der Waals surface area contributed by atoms with Crippen molar-refractivity contribution >= 4 is 22.9 Å². The van der Waals surface area contributed by atoms with Gasteiger partial charge in [-0.15, -0.1) is 0 Å². The molecule has 0 unspecified atom stereocenters. The Kier molecular flexibility index (Phi) is 2.82. The van der Waals surface area contributed by atoms with Gasteiger partial charge < -0.3 is 14.3 Å². The zero-order chi connectivity index (χ0) is 12.4. The number of aromatic carboxylic acids is 1. The molecule has 2 rings (SSSR count). The molecule has 0 amide bonds. The lowest BCUT2D eigenvalue weighted by molar-refractivity contribution is 0.0492. The van der Waals surface area contributed by atoms with Gasteiger partial charge in [-0.1, -0.05) is 0 Å².